The van der Waals surface area contributed by atoms with Gasteiger partial charge in [-0.05, 0) is 25.8 Å². The molecule has 0 bridgehead atoms. The molecule has 0 rings (SSSR count). The maximum Gasteiger partial charge on any atom is 0.153 e. The van der Waals surface area contributed by atoms with E-state index in [1.165, 1.54) is 32.3 Å². The number of unbranched alkanes of at least 4 members (excludes halogenated alkanes) is 3. The maximum absolute atomic E-state index is 10.6. The van der Waals surface area contributed by atoms with Gasteiger partial charge < -0.3 is 0 Å². The molecule has 0 aromatic rings. The van der Waals surface area contributed by atoms with Gasteiger partial charge in [-0.25, -0.2) is 0 Å². The third kappa shape index (κ3) is 7.80. The summed E-state index contributed by atoms with van der Waals surface area (Å²) in [4.78, 5) is 10.6. The van der Waals surface area contributed by atoms with Gasteiger partial charge in [0.2, 0.25) is 0 Å². The summed E-state index contributed by atoms with van der Waals surface area (Å²) >= 11 is 5.80. The molecule has 0 aliphatic carbocycles. The van der Waals surface area contributed by atoms with E-state index < -0.39 is 0 Å². The zero-order chi connectivity index (χ0) is 9.40. The lowest BCUT2D eigenvalue weighted by Crippen LogP contribution is -1.84. The first-order valence-electron chi connectivity index (χ1n) is 4.53. The molecule has 0 fully saturated rings. The van der Waals surface area contributed by atoms with Gasteiger partial charge in [0, 0.05) is 5.03 Å². The second-order valence-electron chi connectivity index (χ2n) is 3.01. The van der Waals surface area contributed by atoms with Crippen molar-refractivity contribution in [2.75, 3.05) is 0 Å². The lowest BCUT2D eigenvalue weighted by atomic mass is 10.1. The first kappa shape index (κ1) is 11.7. The van der Waals surface area contributed by atoms with E-state index in [-0.39, 0.29) is 5.78 Å². The Hall–Kier alpha value is -0.300. The zero-order valence-electron chi connectivity index (χ0n) is 7.90. The Kier molecular flexibility index (Phi) is 7.17. The van der Waals surface area contributed by atoms with Gasteiger partial charge in [0.1, 0.15) is 0 Å². The first-order valence-corrected chi connectivity index (χ1v) is 4.91. The van der Waals surface area contributed by atoms with Crippen LogP contribution in [0, 0.1) is 0 Å². The Morgan fingerprint density at radius 1 is 1.33 bits per heavy atom. The van der Waals surface area contributed by atoms with Crippen molar-refractivity contribution in [3.05, 3.63) is 11.1 Å². The molecule has 70 valence electrons. The van der Waals surface area contributed by atoms with Gasteiger partial charge >= 0.3 is 0 Å². The SMILES string of the molecule is CCCCCCC(Cl)=CC(C)=O. The molecule has 0 unspecified atom stereocenters. The molecule has 12 heavy (non-hydrogen) atoms. The van der Waals surface area contributed by atoms with E-state index in [4.69, 9.17) is 11.6 Å². The highest BCUT2D eigenvalue weighted by Crippen LogP contribution is 2.13. The summed E-state index contributed by atoms with van der Waals surface area (Å²) in [6.07, 6.45) is 7.14. The van der Waals surface area contributed by atoms with E-state index >= 15 is 0 Å². The number of rotatable bonds is 6. The van der Waals surface area contributed by atoms with Gasteiger partial charge in [0.25, 0.3) is 0 Å². The predicted molar refractivity (Wildman–Crippen MR) is 53.4 cm³/mol. The molecule has 0 aromatic heterocycles. The second kappa shape index (κ2) is 7.35. The summed E-state index contributed by atoms with van der Waals surface area (Å²) in [5, 5.41) is 0.693. The van der Waals surface area contributed by atoms with Crippen molar-refractivity contribution in [2.45, 2.75) is 46.0 Å². The van der Waals surface area contributed by atoms with Crippen LogP contribution in [0.5, 0.6) is 0 Å². The van der Waals surface area contributed by atoms with Gasteiger partial charge in [-0.1, -0.05) is 37.8 Å². The lowest BCUT2D eigenvalue weighted by molar-refractivity contribution is -0.112. The van der Waals surface area contributed by atoms with Crippen LogP contribution in [0.1, 0.15) is 46.0 Å². The van der Waals surface area contributed by atoms with Crippen LogP contribution in [0.4, 0.5) is 0 Å². The summed E-state index contributed by atoms with van der Waals surface area (Å²) < 4.78 is 0. The Morgan fingerprint density at radius 3 is 2.50 bits per heavy atom. The molecule has 1 nitrogen and oxygen atoms in total. The predicted octanol–water partition coefficient (Wildman–Crippen LogP) is 3.67. The average Bonchev–Trinajstić information content (AvgIpc) is 1.97. The maximum atomic E-state index is 10.6. The van der Waals surface area contributed by atoms with Crippen molar-refractivity contribution >= 4 is 17.4 Å². The molecule has 0 saturated carbocycles. The van der Waals surface area contributed by atoms with Crippen molar-refractivity contribution in [2.24, 2.45) is 0 Å². The smallest absolute Gasteiger partial charge is 0.153 e. The number of allylic oxidation sites excluding steroid dienone is 2. The molecule has 0 aliphatic rings. The molecule has 0 N–H and O–H groups in total. The molecule has 0 amide bonds. The van der Waals surface area contributed by atoms with E-state index in [1.54, 1.807) is 0 Å². The highest BCUT2D eigenvalue weighted by atomic mass is 35.5. The van der Waals surface area contributed by atoms with Gasteiger partial charge in [0.15, 0.2) is 5.78 Å². The van der Waals surface area contributed by atoms with Crippen molar-refractivity contribution < 1.29 is 4.79 Å². The molecular formula is C10H17ClO. The Morgan fingerprint density at radius 2 is 2.00 bits per heavy atom. The number of carbonyl (C=O) groups is 1. The number of hydrogen-bond acceptors (Lipinski definition) is 1. The van der Waals surface area contributed by atoms with Gasteiger partial charge in [-0.3, -0.25) is 4.79 Å². The highest BCUT2D eigenvalue weighted by Gasteiger charge is 1.94. The second-order valence-corrected chi connectivity index (χ2v) is 3.50. The molecule has 0 spiro atoms. The van der Waals surface area contributed by atoms with Crippen molar-refractivity contribution in [1.29, 1.82) is 0 Å². The monoisotopic (exact) mass is 188 g/mol. The normalized spacial score (nSPS) is 11.8. The van der Waals surface area contributed by atoms with E-state index in [1.807, 2.05) is 0 Å². The number of hydrogen-bond donors (Lipinski definition) is 0. The topological polar surface area (TPSA) is 17.1 Å². The molecule has 2 heteroatoms. The number of halogens is 1. The Balaban J connectivity index is 3.43. The third-order valence-corrected chi connectivity index (χ3v) is 1.93. The van der Waals surface area contributed by atoms with Crippen molar-refractivity contribution in [1.82, 2.24) is 0 Å². The highest BCUT2D eigenvalue weighted by molar-refractivity contribution is 6.30. The van der Waals surface area contributed by atoms with E-state index in [0.717, 1.165) is 12.8 Å². The number of carbonyl (C=O) groups excluding carboxylic acids is 1. The van der Waals surface area contributed by atoms with Crippen LogP contribution >= 0.6 is 11.6 Å². The minimum absolute atomic E-state index is 0.0375. The average molecular weight is 189 g/mol. The summed E-state index contributed by atoms with van der Waals surface area (Å²) in [5.74, 6) is 0.0375. The van der Waals surface area contributed by atoms with Crippen LogP contribution in [0.3, 0.4) is 0 Å². The Labute approximate surface area is 79.8 Å². The molecule has 0 aliphatic heterocycles. The van der Waals surface area contributed by atoms with Crippen LogP contribution in [-0.2, 0) is 4.79 Å². The van der Waals surface area contributed by atoms with Crippen molar-refractivity contribution in [3.63, 3.8) is 0 Å². The number of ketones is 1. The minimum Gasteiger partial charge on any atom is -0.295 e. The minimum atomic E-state index is 0.0375. The molecule has 0 heterocycles. The van der Waals surface area contributed by atoms with Crippen molar-refractivity contribution in [3.8, 4) is 0 Å². The van der Waals surface area contributed by atoms with E-state index in [2.05, 4.69) is 6.92 Å². The van der Waals surface area contributed by atoms with Gasteiger partial charge in [0.05, 0.1) is 0 Å². The summed E-state index contributed by atoms with van der Waals surface area (Å²) in [6.45, 7) is 3.70. The molecule has 0 atom stereocenters. The molecule has 0 saturated heterocycles. The van der Waals surface area contributed by atoms with Crippen LogP contribution in [-0.4, -0.2) is 5.78 Å². The molecule has 0 radical (unpaired) electrons. The summed E-state index contributed by atoms with van der Waals surface area (Å²) in [6, 6.07) is 0. The fourth-order valence-electron chi connectivity index (χ4n) is 1.01. The van der Waals surface area contributed by atoms with Gasteiger partial charge in [-0.15, -0.1) is 0 Å². The summed E-state index contributed by atoms with van der Waals surface area (Å²) in [5.41, 5.74) is 0. The van der Waals surface area contributed by atoms with Gasteiger partial charge in [-0.2, -0.15) is 0 Å². The standard InChI is InChI=1S/C10H17ClO/c1-3-4-5-6-7-10(11)8-9(2)12/h8H,3-7H2,1-2H3. The van der Waals surface area contributed by atoms with E-state index in [9.17, 15) is 4.79 Å². The first-order chi connectivity index (χ1) is 5.66. The van der Waals surface area contributed by atoms with Crippen LogP contribution in [0.15, 0.2) is 11.1 Å². The zero-order valence-corrected chi connectivity index (χ0v) is 8.66. The largest absolute Gasteiger partial charge is 0.295 e. The third-order valence-electron chi connectivity index (χ3n) is 1.63. The van der Waals surface area contributed by atoms with Crippen LogP contribution in [0.2, 0.25) is 0 Å². The van der Waals surface area contributed by atoms with Crippen LogP contribution < -0.4 is 0 Å². The lowest BCUT2D eigenvalue weighted by Gasteiger charge is -1.97. The quantitative estimate of drug-likeness (QED) is 0.459. The molecular weight excluding hydrogens is 172 g/mol. The fourth-order valence-corrected chi connectivity index (χ4v) is 1.30. The van der Waals surface area contributed by atoms with E-state index in [0.29, 0.717) is 5.03 Å². The fraction of sp³-hybridized carbons (Fsp3) is 0.700. The molecule has 0 aromatic carbocycles. The van der Waals surface area contributed by atoms with Crippen LogP contribution in [0.25, 0.3) is 0 Å². The summed E-state index contributed by atoms with van der Waals surface area (Å²) in [7, 11) is 0. The Bertz CT molecular complexity index is 161.